The molecule has 2 spiro atoms. The molecular formula is C65H132Br2ClIKNO12Si4. The summed E-state index contributed by atoms with van der Waals surface area (Å²) in [6, 6.07) is 0. The van der Waals surface area contributed by atoms with Crippen molar-refractivity contribution >= 4 is 109 Å². The molecule has 0 saturated carbocycles. The molecule has 0 atom stereocenters. The van der Waals surface area contributed by atoms with Gasteiger partial charge in [-0.05, 0) is 188 Å². The van der Waals surface area contributed by atoms with Crippen LogP contribution in [0.25, 0.3) is 0 Å². The van der Waals surface area contributed by atoms with Gasteiger partial charge in [-0.3, -0.25) is 9.59 Å². The number of rotatable bonds is 15. The van der Waals surface area contributed by atoms with Gasteiger partial charge in [0.15, 0.2) is 49.7 Å². The van der Waals surface area contributed by atoms with Gasteiger partial charge in [-0.2, -0.15) is 11.1 Å². The van der Waals surface area contributed by atoms with Crippen molar-refractivity contribution in [1.29, 1.82) is 0 Å². The summed E-state index contributed by atoms with van der Waals surface area (Å²) in [5, 5.41) is 25.7. The summed E-state index contributed by atoms with van der Waals surface area (Å²) in [5.74, 6) is -0.217. The molecule has 87 heavy (non-hydrogen) atoms. The van der Waals surface area contributed by atoms with Crippen LogP contribution in [-0.2, 0) is 41.8 Å². The number of hydrogen-bond acceptors (Lipinski definition) is 13. The van der Waals surface area contributed by atoms with Crippen molar-refractivity contribution in [2.75, 3.05) is 70.5 Å². The van der Waals surface area contributed by atoms with Gasteiger partial charge in [-0.1, -0.05) is 148 Å². The zero-order chi connectivity index (χ0) is 65.8. The maximum Gasteiger partial charge on any atom is 1.00 e. The Labute approximate surface area is 617 Å². The van der Waals surface area contributed by atoms with E-state index in [1.54, 1.807) is 6.08 Å². The fourth-order valence-electron chi connectivity index (χ4n) is 7.35. The van der Waals surface area contributed by atoms with Crippen LogP contribution in [0.2, 0.25) is 72.5 Å². The van der Waals surface area contributed by atoms with Gasteiger partial charge < -0.3 is 55.1 Å². The van der Waals surface area contributed by atoms with Gasteiger partial charge in [0.2, 0.25) is 5.79 Å². The van der Waals surface area contributed by atoms with E-state index in [0.29, 0.717) is 29.5 Å². The molecule has 2 heterocycles. The van der Waals surface area contributed by atoms with Crippen molar-refractivity contribution in [3.05, 3.63) is 42.9 Å². The molecule has 0 amide bonds. The molecule has 2 fully saturated rings. The molecule has 6 aliphatic rings. The fraction of sp³-hybridized carbons (Fsp3) is 0.846. The Morgan fingerprint density at radius 2 is 0.931 bits per heavy atom. The first-order chi connectivity index (χ1) is 38.2. The minimum atomic E-state index is -1.62. The van der Waals surface area contributed by atoms with E-state index in [1.165, 1.54) is 38.7 Å². The maximum absolute atomic E-state index is 10.7. The topological polar surface area (TPSA) is 194 Å². The van der Waals surface area contributed by atoms with E-state index in [1.807, 2.05) is 13.8 Å². The van der Waals surface area contributed by atoms with Gasteiger partial charge in [0.1, 0.15) is 0 Å². The number of carbonyl (C=O) groups is 2. The van der Waals surface area contributed by atoms with Crippen molar-refractivity contribution < 1.29 is 110 Å². The van der Waals surface area contributed by atoms with Crippen LogP contribution in [0, 0.1) is 0 Å². The number of carbonyl (C=O) groups excluding carboxylic acids is 2. The number of Topliss-reactive ketones (excluding diaryl/α,β-unsaturated/α-hetero) is 1. The summed E-state index contributed by atoms with van der Waals surface area (Å²) in [7, 11) is -6.00. The first-order valence-electron chi connectivity index (χ1n) is 30.9. The molecular weight excluding hydrogens is 1460 g/mol. The smallest absolute Gasteiger partial charge is 1.00 e. The van der Waals surface area contributed by atoms with E-state index in [0.717, 1.165) is 113 Å². The molecule has 0 radical (unpaired) electrons. The standard InChI is InChI=1S/C17H32O3Si.C9H21IOSi.C9H22O2Si.C8H11BrO2.C6H7BrO.C6H15ClSi.C6H8O.C3H8O2.CH4.K.H3N.H/c1-14-9-10-17(18-12-13-19-17)15(14)8-7-11-20-21(5,6)16(2,3)4;2*1-9(2,3)12(4,5)11-8-6-7-10;1-6-2-3-8(7(6)9)10-4-5-11-8;1-4-2-3-5(8)6(4)7;1-6(2,3)8(4,5)7;1-5-2-3-6(7)4-5;4-2-1-3-5;;;;/h7-13H2,1-6H3;6-8H2,1-5H3;10H,6-8H2,1-5H3;2-5H2,1H3;2-3H2,1H3;1-5H3;4H,2-3H2,1H3;4-5H,1-3H2;1H4;;1H3;/q;;;;;;;;;+1;;-1. The molecule has 0 unspecified atom stereocenters. The van der Waals surface area contributed by atoms with E-state index in [2.05, 4.69) is 204 Å². The number of halogens is 4. The summed E-state index contributed by atoms with van der Waals surface area (Å²) in [4.78, 5) is 21.1. The van der Waals surface area contributed by atoms with Crippen molar-refractivity contribution in [3.8, 4) is 0 Å². The number of ketones is 2. The molecule has 13 nitrogen and oxygen atoms in total. The number of allylic oxidation sites excluding steroid dienone is 6. The Kier molecular flexibility index (Phi) is 51.6. The molecule has 6 rings (SSSR count). The number of alkyl halides is 1. The summed E-state index contributed by atoms with van der Waals surface area (Å²) in [5.41, 5.74) is 6.62. The molecule has 0 aromatic rings. The summed E-state index contributed by atoms with van der Waals surface area (Å²) in [6.45, 7) is 59.2. The maximum atomic E-state index is 10.7. The Hall–Kier alpha value is 2.34. The predicted octanol–water partition coefficient (Wildman–Crippen LogP) is 16.9. The zero-order valence-electron chi connectivity index (χ0n) is 60.3. The summed E-state index contributed by atoms with van der Waals surface area (Å²) in [6.07, 6.45) is 13.8. The Morgan fingerprint density at radius 1 is 0.563 bits per heavy atom. The fourth-order valence-corrected chi connectivity index (χ4v) is 11.9. The van der Waals surface area contributed by atoms with Gasteiger partial charge in [0.05, 0.1) is 35.4 Å². The van der Waals surface area contributed by atoms with Gasteiger partial charge in [0.25, 0.3) is 0 Å². The van der Waals surface area contributed by atoms with E-state index in [4.69, 9.17) is 58.6 Å². The number of ether oxygens (including phenoxy) is 4. The SMILES string of the molecule is C.CC(C)(C)[Si](C)(C)Cl.CC(C)(C)[Si](C)(C)OCCCI.CC(C)(C)[Si](C)(C)OCCCO.CC1=C(Br)C(=O)CC1.CC1=C(Br)C2(CC1)OCCO2.CC1=C(CCCO[Si](C)(C)C(C)(C)C)C2(CC1)OCCO2.CC1=CC(=O)CC1.N.OCCCO.[H-].[K+]. The molecule has 0 bridgehead atoms. The summed E-state index contributed by atoms with van der Waals surface area (Å²) < 4.78 is 44.1. The molecule has 22 heteroatoms. The van der Waals surface area contributed by atoms with Crippen LogP contribution >= 0.6 is 65.5 Å². The normalized spacial score (nSPS) is 18.1. The predicted molar refractivity (Wildman–Crippen MR) is 395 cm³/mol. The Bertz CT molecular complexity index is 2030. The third-order valence-corrected chi connectivity index (χ3v) is 39.5. The average molecular weight is 1590 g/mol. The number of aliphatic hydroxyl groups is 3. The van der Waals surface area contributed by atoms with E-state index in [9.17, 15) is 9.59 Å². The first-order valence-corrected chi connectivity index (χ1v) is 46.7. The monoisotopic (exact) mass is 1590 g/mol. The van der Waals surface area contributed by atoms with Crippen LogP contribution in [0.1, 0.15) is 203 Å². The van der Waals surface area contributed by atoms with E-state index in [-0.39, 0.29) is 119 Å². The van der Waals surface area contributed by atoms with Crippen LogP contribution in [0.5, 0.6) is 0 Å². The van der Waals surface area contributed by atoms with Crippen molar-refractivity contribution in [1.82, 2.24) is 6.15 Å². The van der Waals surface area contributed by atoms with Gasteiger partial charge >= 0.3 is 51.4 Å². The third-order valence-electron chi connectivity index (χ3n) is 17.4. The van der Waals surface area contributed by atoms with Crippen molar-refractivity contribution in [2.24, 2.45) is 0 Å². The van der Waals surface area contributed by atoms with Gasteiger partial charge in [-0.25, -0.2) is 0 Å². The van der Waals surface area contributed by atoms with Crippen LogP contribution in [0.4, 0.5) is 0 Å². The number of aliphatic hydroxyl groups excluding tert-OH is 3. The van der Waals surface area contributed by atoms with Crippen LogP contribution in [0.15, 0.2) is 42.9 Å². The molecule has 2 saturated heterocycles. The number of hydrogen-bond donors (Lipinski definition) is 4. The Morgan fingerprint density at radius 3 is 1.18 bits per heavy atom. The van der Waals surface area contributed by atoms with Crippen LogP contribution in [-0.4, -0.2) is 141 Å². The van der Waals surface area contributed by atoms with Gasteiger partial charge in [-0.15, -0.1) is 0 Å². The van der Waals surface area contributed by atoms with Crippen LogP contribution < -0.4 is 57.5 Å². The molecule has 2 aliphatic heterocycles. The second kappa shape index (κ2) is 45.8. The Balaban J connectivity index is -0.000000225. The second-order valence-electron chi connectivity index (χ2n) is 28.8. The van der Waals surface area contributed by atoms with E-state index < -0.39 is 32.3 Å². The largest absolute Gasteiger partial charge is 1.00 e. The van der Waals surface area contributed by atoms with Crippen molar-refractivity contribution in [3.63, 3.8) is 0 Å². The molecule has 4 aliphatic carbocycles. The quantitative estimate of drug-likeness (QED) is 0.0302. The minimum absolute atomic E-state index is 0. The minimum Gasteiger partial charge on any atom is -1.00 e. The molecule has 0 aromatic heterocycles. The molecule has 0 aromatic carbocycles. The molecule has 514 valence electrons. The van der Waals surface area contributed by atoms with Gasteiger partial charge in [0, 0.05) is 69.8 Å². The second-order valence-corrected chi connectivity index (χ2v) is 53.2. The van der Waals surface area contributed by atoms with Crippen molar-refractivity contribution in [2.45, 2.75) is 286 Å². The first kappa shape index (κ1) is 98.0. The average Bonchev–Trinajstić information content (AvgIpc) is 4.41. The van der Waals surface area contributed by atoms with E-state index >= 15 is 0 Å². The molecule has 6 N–H and O–H groups in total. The summed E-state index contributed by atoms with van der Waals surface area (Å²) >= 11 is 15.3. The third kappa shape index (κ3) is 37.6. The zero-order valence-corrected chi connectivity index (χ0v) is 72.5. The van der Waals surface area contributed by atoms with Crippen LogP contribution in [0.3, 0.4) is 0 Å².